The highest BCUT2D eigenvalue weighted by atomic mass is 16.5. The minimum Gasteiger partial charge on any atom is -0.378 e. The van der Waals surface area contributed by atoms with Gasteiger partial charge in [0, 0.05) is 18.2 Å². The molecular formula is C21H27NO. The summed E-state index contributed by atoms with van der Waals surface area (Å²) in [5.41, 5.74) is 4.22. The van der Waals surface area contributed by atoms with Gasteiger partial charge in [-0.2, -0.15) is 0 Å². The smallest absolute Gasteiger partial charge is 0.0859 e. The van der Waals surface area contributed by atoms with Gasteiger partial charge < -0.3 is 10.1 Å². The van der Waals surface area contributed by atoms with Crippen LogP contribution in [0.3, 0.4) is 0 Å². The van der Waals surface area contributed by atoms with Gasteiger partial charge in [0.05, 0.1) is 12.1 Å². The molecule has 4 unspecified atom stereocenters. The minimum absolute atomic E-state index is 0.302. The predicted molar refractivity (Wildman–Crippen MR) is 93.9 cm³/mol. The van der Waals surface area contributed by atoms with Crippen molar-refractivity contribution < 1.29 is 4.74 Å². The molecule has 4 rings (SSSR count). The number of rotatable bonds is 2. The molecule has 2 aliphatic heterocycles. The van der Waals surface area contributed by atoms with Gasteiger partial charge in [-0.3, -0.25) is 0 Å². The highest BCUT2D eigenvalue weighted by Crippen LogP contribution is 2.44. The molecule has 1 aromatic rings. The van der Waals surface area contributed by atoms with Crippen molar-refractivity contribution in [1.82, 2.24) is 5.32 Å². The van der Waals surface area contributed by atoms with E-state index in [2.05, 4.69) is 61.6 Å². The molecule has 0 radical (unpaired) electrons. The fraction of sp³-hybridized carbons (Fsp3) is 0.524. The number of nitrogens with one attached hydrogen (secondary N) is 1. The maximum Gasteiger partial charge on any atom is 0.0859 e. The van der Waals surface area contributed by atoms with E-state index in [9.17, 15) is 0 Å². The quantitative estimate of drug-likeness (QED) is 0.861. The molecule has 1 aromatic carbocycles. The number of fused-ring (bicyclic) bond motifs is 2. The summed E-state index contributed by atoms with van der Waals surface area (Å²) in [5.74, 6) is 1.90. The highest BCUT2D eigenvalue weighted by molar-refractivity contribution is 5.38. The molecule has 4 atom stereocenters. The molecule has 1 fully saturated rings. The third kappa shape index (κ3) is 2.74. The molecule has 3 aliphatic rings. The van der Waals surface area contributed by atoms with Crippen LogP contribution < -0.4 is 5.32 Å². The van der Waals surface area contributed by atoms with Gasteiger partial charge in [-0.25, -0.2) is 0 Å². The van der Waals surface area contributed by atoms with Crippen LogP contribution >= 0.6 is 0 Å². The Bertz CT molecular complexity index is 616. The Labute approximate surface area is 139 Å². The standard InChI is InChI=1S/C21H27NO/c1-14(2)16-10-11-19-18(13-16)21-17(9-6-12-23-21)20(22-19)15-7-4-3-5-8-15/h3-5,7-8,10-11,14,16-17,20-22H,6,9,12-13H2,1-2H3. The van der Waals surface area contributed by atoms with E-state index >= 15 is 0 Å². The molecule has 0 amide bonds. The van der Waals surface area contributed by atoms with Crippen LogP contribution in [-0.2, 0) is 4.74 Å². The number of benzene rings is 1. The molecule has 2 nitrogen and oxygen atoms in total. The molecule has 2 heteroatoms. The molecule has 0 spiro atoms. The van der Waals surface area contributed by atoms with Crippen molar-refractivity contribution in [2.24, 2.45) is 17.8 Å². The zero-order valence-corrected chi connectivity index (χ0v) is 14.2. The van der Waals surface area contributed by atoms with Gasteiger partial charge in [0.2, 0.25) is 0 Å². The van der Waals surface area contributed by atoms with Crippen LogP contribution in [0.2, 0.25) is 0 Å². The van der Waals surface area contributed by atoms with Crippen LogP contribution in [-0.4, -0.2) is 12.7 Å². The average molecular weight is 309 g/mol. The molecular weight excluding hydrogens is 282 g/mol. The predicted octanol–water partition coefficient (Wildman–Crippen LogP) is 4.61. The lowest BCUT2D eigenvalue weighted by Crippen LogP contribution is -2.46. The van der Waals surface area contributed by atoms with Crippen molar-refractivity contribution in [1.29, 1.82) is 0 Å². The first-order chi connectivity index (χ1) is 11.2. The third-order valence-corrected chi connectivity index (χ3v) is 5.78. The fourth-order valence-corrected chi connectivity index (χ4v) is 4.40. The van der Waals surface area contributed by atoms with Crippen molar-refractivity contribution in [2.75, 3.05) is 6.61 Å². The summed E-state index contributed by atoms with van der Waals surface area (Å²) < 4.78 is 6.30. The largest absolute Gasteiger partial charge is 0.378 e. The van der Waals surface area contributed by atoms with Crippen molar-refractivity contribution >= 4 is 0 Å². The van der Waals surface area contributed by atoms with Gasteiger partial charge in [-0.05, 0) is 48.3 Å². The Balaban J connectivity index is 1.69. The molecule has 1 saturated heterocycles. The van der Waals surface area contributed by atoms with E-state index in [1.165, 1.54) is 29.7 Å². The Morgan fingerprint density at radius 3 is 2.78 bits per heavy atom. The van der Waals surface area contributed by atoms with Gasteiger partial charge in [-0.1, -0.05) is 50.3 Å². The zero-order valence-electron chi connectivity index (χ0n) is 14.2. The number of hydrogen-bond acceptors (Lipinski definition) is 2. The molecule has 0 bridgehead atoms. The fourth-order valence-electron chi connectivity index (χ4n) is 4.40. The van der Waals surface area contributed by atoms with Crippen molar-refractivity contribution in [3.8, 4) is 0 Å². The first-order valence-corrected chi connectivity index (χ1v) is 9.08. The molecule has 1 N–H and O–H groups in total. The van der Waals surface area contributed by atoms with Crippen LogP contribution in [0, 0.1) is 17.8 Å². The summed E-state index contributed by atoms with van der Waals surface area (Å²) in [4.78, 5) is 0. The molecule has 122 valence electrons. The van der Waals surface area contributed by atoms with Gasteiger partial charge in [0.25, 0.3) is 0 Å². The first kappa shape index (κ1) is 15.0. The summed E-state index contributed by atoms with van der Waals surface area (Å²) in [6, 6.07) is 11.3. The van der Waals surface area contributed by atoms with Crippen LogP contribution in [0.4, 0.5) is 0 Å². The SMILES string of the molecule is CC(C)C1C=CC2=C(C1)C1OCCCC1C(c1ccccc1)N2. The van der Waals surface area contributed by atoms with Crippen molar-refractivity contribution in [2.45, 2.75) is 45.3 Å². The second kappa shape index (κ2) is 6.16. The highest BCUT2D eigenvalue weighted by Gasteiger charge is 2.41. The Kier molecular flexibility index (Phi) is 4.02. The summed E-state index contributed by atoms with van der Waals surface area (Å²) >= 11 is 0. The van der Waals surface area contributed by atoms with E-state index in [0.717, 1.165) is 13.0 Å². The monoisotopic (exact) mass is 309 g/mol. The van der Waals surface area contributed by atoms with Crippen LogP contribution in [0.5, 0.6) is 0 Å². The van der Waals surface area contributed by atoms with E-state index in [-0.39, 0.29) is 0 Å². The van der Waals surface area contributed by atoms with Crippen molar-refractivity contribution in [3.05, 3.63) is 59.3 Å². The lowest BCUT2D eigenvalue weighted by Gasteiger charge is -2.46. The Morgan fingerprint density at radius 1 is 1.17 bits per heavy atom. The van der Waals surface area contributed by atoms with Crippen LogP contribution in [0.15, 0.2) is 53.8 Å². The van der Waals surface area contributed by atoms with E-state index in [1.54, 1.807) is 0 Å². The summed E-state index contributed by atoms with van der Waals surface area (Å²) in [6.45, 7) is 5.56. The number of ether oxygens (including phenoxy) is 1. The zero-order chi connectivity index (χ0) is 15.8. The number of hydrogen-bond donors (Lipinski definition) is 1. The summed E-state index contributed by atoms with van der Waals surface area (Å²) in [5, 5.41) is 3.84. The van der Waals surface area contributed by atoms with E-state index in [1.807, 2.05) is 0 Å². The topological polar surface area (TPSA) is 21.3 Å². The third-order valence-electron chi connectivity index (χ3n) is 5.78. The van der Waals surface area contributed by atoms with Gasteiger partial charge >= 0.3 is 0 Å². The Morgan fingerprint density at radius 2 is 2.00 bits per heavy atom. The minimum atomic E-state index is 0.302. The second-order valence-corrected chi connectivity index (χ2v) is 7.54. The molecule has 0 aromatic heterocycles. The van der Waals surface area contributed by atoms with Gasteiger partial charge in [-0.15, -0.1) is 0 Å². The van der Waals surface area contributed by atoms with E-state index in [4.69, 9.17) is 4.74 Å². The lowest BCUT2D eigenvalue weighted by atomic mass is 9.72. The maximum atomic E-state index is 6.30. The normalized spacial score (nSPS) is 33.2. The molecule has 23 heavy (non-hydrogen) atoms. The molecule has 1 aliphatic carbocycles. The van der Waals surface area contributed by atoms with E-state index in [0.29, 0.717) is 29.9 Å². The van der Waals surface area contributed by atoms with Crippen LogP contribution in [0.25, 0.3) is 0 Å². The van der Waals surface area contributed by atoms with E-state index < -0.39 is 0 Å². The first-order valence-electron chi connectivity index (χ1n) is 9.08. The molecule has 0 saturated carbocycles. The molecule has 2 heterocycles. The maximum absolute atomic E-state index is 6.30. The lowest BCUT2D eigenvalue weighted by molar-refractivity contribution is -0.0263. The summed E-state index contributed by atoms with van der Waals surface area (Å²) in [7, 11) is 0. The van der Waals surface area contributed by atoms with Crippen molar-refractivity contribution in [3.63, 3.8) is 0 Å². The Hall–Kier alpha value is -1.54. The van der Waals surface area contributed by atoms with Gasteiger partial charge in [0.1, 0.15) is 0 Å². The summed E-state index contributed by atoms with van der Waals surface area (Å²) in [6.07, 6.45) is 8.59. The second-order valence-electron chi connectivity index (χ2n) is 7.54. The number of allylic oxidation sites excluding steroid dienone is 2. The van der Waals surface area contributed by atoms with Crippen LogP contribution in [0.1, 0.15) is 44.7 Å². The van der Waals surface area contributed by atoms with Gasteiger partial charge in [0.15, 0.2) is 0 Å². The average Bonchev–Trinajstić information content (AvgIpc) is 2.61.